The Bertz CT molecular complexity index is 769. The summed E-state index contributed by atoms with van der Waals surface area (Å²) in [7, 11) is 0. The quantitative estimate of drug-likeness (QED) is 0.753. The molecule has 0 bridgehead atoms. The van der Waals surface area contributed by atoms with E-state index in [4.69, 9.17) is 0 Å². The molecule has 0 N–H and O–H groups in total. The minimum atomic E-state index is -0.0129. The number of carbonyl (C=O) groups is 3. The maximum absolute atomic E-state index is 12.8. The fourth-order valence-electron chi connectivity index (χ4n) is 4.99. The van der Waals surface area contributed by atoms with Crippen LogP contribution >= 0.6 is 0 Å². The van der Waals surface area contributed by atoms with Gasteiger partial charge >= 0.3 is 0 Å². The van der Waals surface area contributed by atoms with E-state index in [2.05, 4.69) is 4.98 Å². The van der Waals surface area contributed by atoms with Crippen LogP contribution in [0.1, 0.15) is 44.2 Å². The zero-order valence-electron chi connectivity index (χ0n) is 17.0. The highest BCUT2D eigenvalue weighted by Crippen LogP contribution is 2.39. The first-order valence-electron chi connectivity index (χ1n) is 10.8. The summed E-state index contributed by atoms with van der Waals surface area (Å²) in [5.41, 5.74) is 0.983. The predicted octanol–water partition coefficient (Wildman–Crippen LogP) is 1.48. The molecule has 4 heterocycles. The fraction of sp³-hybridized carbons (Fsp3) is 0.636. The molecule has 1 unspecified atom stereocenters. The van der Waals surface area contributed by atoms with Crippen molar-refractivity contribution >= 4 is 17.7 Å². The van der Waals surface area contributed by atoms with E-state index in [0.717, 1.165) is 44.3 Å². The number of likely N-dealkylation sites (tertiary alicyclic amines) is 3. The van der Waals surface area contributed by atoms with Crippen LogP contribution < -0.4 is 0 Å². The molecule has 1 atom stereocenters. The minimum Gasteiger partial charge on any atom is -0.342 e. The first kappa shape index (κ1) is 19.9. The molecule has 1 aromatic heterocycles. The van der Waals surface area contributed by atoms with Gasteiger partial charge in [-0.2, -0.15) is 0 Å². The van der Waals surface area contributed by atoms with Crippen LogP contribution in [0.25, 0.3) is 0 Å². The first-order chi connectivity index (χ1) is 14.0. The van der Waals surface area contributed by atoms with Gasteiger partial charge in [-0.25, -0.2) is 0 Å². The normalized spacial score (nSPS) is 25.2. The van der Waals surface area contributed by atoms with Crippen LogP contribution in [0.2, 0.25) is 0 Å². The average Bonchev–Trinajstić information content (AvgIpc) is 3.14. The van der Waals surface area contributed by atoms with E-state index in [1.54, 1.807) is 11.1 Å². The molecule has 3 amide bonds. The number of hydrogen-bond donors (Lipinski definition) is 0. The van der Waals surface area contributed by atoms with Gasteiger partial charge in [0, 0.05) is 69.3 Å². The lowest BCUT2D eigenvalue weighted by Gasteiger charge is -2.48. The van der Waals surface area contributed by atoms with Gasteiger partial charge in [0.25, 0.3) is 0 Å². The molecule has 0 saturated carbocycles. The Hall–Kier alpha value is -2.44. The van der Waals surface area contributed by atoms with Crippen LogP contribution in [-0.4, -0.2) is 76.7 Å². The molecular weight excluding hydrogens is 368 g/mol. The lowest BCUT2D eigenvalue weighted by atomic mass is 9.73. The van der Waals surface area contributed by atoms with E-state index in [1.807, 2.05) is 28.0 Å². The molecule has 3 aliphatic heterocycles. The molecule has 3 fully saturated rings. The maximum atomic E-state index is 12.8. The SMILES string of the molecule is O=C1CCCN1CC(=O)N1CCCC2(CCC(=O)N(CCc3ccccn3)C2)C1. The highest BCUT2D eigenvalue weighted by atomic mass is 16.2. The van der Waals surface area contributed by atoms with E-state index >= 15 is 0 Å². The van der Waals surface area contributed by atoms with Gasteiger partial charge < -0.3 is 14.7 Å². The lowest BCUT2D eigenvalue weighted by Crippen LogP contribution is -2.56. The molecule has 7 nitrogen and oxygen atoms in total. The third-order valence-electron chi connectivity index (χ3n) is 6.62. The Morgan fingerprint density at radius 3 is 2.62 bits per heavy atom. The highest BCUT2D eigenvalue weighted by Gasteiger charge is 2.42. The summed E-state index contributed by atoms with van der Waals surface area (Å²) in [4.78, 5) is 47.1. The van der Waals surface area contributed by atoms with Crippen molar-refractivity contribution in [3.05, 3.63) is 30.1 Å². The van der Waals surface area contributed by atoms with Crippen molar-refractivity contribution in [3.8, 4) is 0 Å². The predicted molar refractivity (Wildman–Crippen MR) is 108 cm³/mol. The van der Waals surface area contributed by atoms with Crippen molar-refractivity contribution in [2.75, 3.05) is 39.3 Å². The van der Waals surface area contributed by atoms with Crippen molar-refractivity contribution in [2.45, 2.75) is 44.9 Å². The summed E-state index contributed by atoms with van der Waals surface area (Å²) in [5, 5.41) is 0. The number of carbonyl (C=O) groups excluding carboxylic acids is 3. The van der Waals surface area contributed by atoms with Gasteiger partial charge in [-0.1, -0.05) is 6.07 Å². The fourth-order valence-corrected chi connectivity index (χ4v) is 4.99. The van der Waals surface area contributed by atoms with Gasteiger partial charge in [-0.05, 0) is 37.8 Å². The number of nitrogens with zero attached hydrogens (tertiary/aromatic N) is 4. The number of piperidine rings is 2. The topological polar surface area (TPSA) is 73.8 Å². The van der Waals surface area contributed by atoms with Gasteiger partial charge in [-0.15, -0.1) is 0 Å². The molecule has 0 aliphatic carbocycles. The van der Waals surface area contributed by atoms with Gasteiger partial charge in [0.2, 0.25) is 17.7 Å². The van der Waals surface area contributed by atoms with E-state index in [9.17, 15) is 14.4 Å². The maximum Gasteiger partial charge on any atom is 0.242 e. The Balaban J connectivity index is 1.36. The molecule has 0 aromatic carbocycles. The smallest absolute Gasteiger partial charge is 0.242 e. The van der Waals surface area contributed by atoms with Gasteiger partial charge in [-0.3, -0.25) is 19.4 Å². The van der Waals surface area contributed by atoms with Crippen molar-refractivity contribution in [3.63, 3.8) is 0 Å². The summed E-state index contributed by atoms with van der Waals surface area (Å²) in [5.74, 6) is 0.350. The minimum absolute atomic E-state index is 0.0129. The summed E-state index contributed by atoms with van der Waals surface area (Å²) >= 11 is 0. The zero-order valence-corrected chi connectivity index (χ0v) is 17.0. The van der Waals surface area contributed by atoms with Crippen molar-refractivity contribution in [1.29, 1.82) is 0 Å². The van der Waals surface area contributed by atoms with Crippen LogP contribution in [0.3, 0.4) is 0 Å². The highest BCUT2D eigenvalue weighted by molar-refractivity contribution is 5.86. The van der Waals surface area contributed by atoms with Crippen molar-refractivity contribution in [1.82, 2.24) is 19.7 Å². The molecule has 1 spiro atoms. The second kappa shape index (κ2) is 8.51. The van der Waals surface area contributed by atoms with Gasteiger partial charge in [0.1, 0.15) is 0 Å². The summed E-state index contributed by atoms with van der Waals surface area (Å²) in [6, 6.07) is 5.86. The molecule has 0 radical (unpaired) electrons. The van der Waals surface area contributed by atoms with E-state index in [1.165, 1.54) is 0 Å². The number of aromatic nitrogens is 1. The molecule has 3 aliphatic rings. The second-order valence-corrected chi connectivity index (χ2v) is 8.72. The monoisotopic (exact) mass is 398 g/mol. The molecule has 1 aromatic rings. The number of hydrogen-bond acceptors (Lipinski definition) is 4. The van der Waals surface area contributed by atoms with Crippen LogP contribution in [0.5, 0.6) is 0 Å². The number of amides is 3. The summed E-state index contributed by atoms with van der Waals surface area (Å²) in [6.45, 7) is 3.74. The van der Waals surface area contributed by atoms with Crippen LogP contribution in [0, 0.1) is 5.41 Å². The Kier molecular flexibility index (Phi) is 5.83. The Morgan fingerprint density at radius 2 is 1.86 bits per heavy atom. The summed E-state index contributed by atoms with van der Waals surface area (Å²) in [6.07, 6.45) is 7.35. The molecular formula is C22H30N4O3. The Labute approximate surface area is 172 Å². The molecule has 156 valence electrons. The largest absolute Gasteiger partial charge is 0.342 e. The van der Waals surface area contributed by atoms with Crippen LogP contribution in [0.4, 0.5) is 0 Å². The molecule has 7 heteroatoms. The average molecular weight is 399 g/mol. The van der Waals surface area contributed by atoms with Gasteiger partial charge in [0.05, 0.1) is 6.54 Å². The van der Waals surface area contributed by atoms with Crippen molar-refractivity contribution < 1.29 is 14.4 Å². The molecule has 29 heavy (non-hydrogen) atoms. The van der Waals surface area contributed by atoms with E-state index in [0.29, 0.717) is 39.0 Å². The van der Waals surface area contributed by atoms with E-state index < -0.39 is 0 Å². The van der Waals surface area contributed by atoms with E-state index in [-0.39, 0.29) is 29.7 Å². The van der Waals surface area contributed by atoms with Crippen molar-refractivity contribution in [2.24, 2.45) is 5.41 Å². The standard InChI is InChI=1S/C22H30N4O3/c27-19-6-3-12-24(19)15-21(29)25-13-4-9-22(16-25)10-7-20(28)26(17-22)14-8-18-5-1-2-11-23-18/h1-2,5,11H,3-4,6-10,12-17H2. The Morgan fingerprint density at radius 1 is 1.00 bits per heavy atom. The summed E-state index contributed by atoms with van der Waals surface area (Å²) < 4.78 is 0. The molecule has 4 rings (SSSR count). The molecule has 3 saturated heterocycles. The second-order valence-electron chi connectivity index (χ2n) is 8.72. The third kappa shape index (κ3) is 4.60. The first-order valence-corrected chi connectivity index (χ1v) is 10.8. The number of rotatable bonds is 5. The van der Waals surface area contributed by atoms with Gasteiger partial charge in [0.15, 0.2) is 0 Å². The zero-order chi connectivity index (χ0) is 20.3. The number of pyridine rings is 1. The third-order valence-corrected chi connectivity index (χ3v) is 6.62. The lowest BCUT2D eigenvalue weighted by molar-refractivity contribution is -0.145. The van der Waals surface area contributed by atoms with Crippen LogP contribution in [-0.2, 0) is 20.8 Å². The van der Waals surface area contributed by atoms with Crippen LogP contribution in [0.15, 0.2) is 24.4 Å².